The molecular weight excluding hydrogens is 334 g/mol. The normalized spacial score (nSPS) is 16.8. The summed E-state index contributed by atoms with van der Waals surface area (Å²) >= 11 is 5.23. The Morgan fingerprint density at radius 3 is 2.95 bits per heavy atom. The quantitative estimate of drug-likeness (QED) is 0.860. The van der Waals surface area contributed by atoms with Crippen LogP contribution in [0.2, 0.25) is 0 Å². The standard InChI is InChI=1S/C16H14BrNOS/c1-10-6-7-13(17)14(8-10)18-16(19)12-9-20-15-5-3-2-4-11(12)15/h2-8,12H,9H2,1H3,(H,18,19). The molecule has 0 bridgehead atoms. The van der Waals surface area contributed by atoms with Gasteiger partial charge >= 0.3 is 0 Å². The summed E-state index contributed by atoms with van der Waals surface area (Å²) in [7, 11) is 0. The molecule has 1 N–H and O–H groups in total. The van der Waals surface area contributed by atoms with Gasteiger partial charge in [0.1, 0.15) is 0 Å². The Labute approximate surface area is 131 Å². The summed E-state index contributed by atoms with van der Waals surface area (Å²) in [5.74, 6) is 0.812. The van der Waals surface area contributed by atoms with Gasteiger partial charge in [0.05, 0.1) is 11.6 Å². The van der Waals surface area contributed by atoms with Crippen molar-refractivity contribution < 1.29 is 4.79 Å². The second-order valence-corrected chi connectivity index (χ2v) is 6.79. The molecule has 1 unspecified atom stereocenters. The van der Waals surface area contributed by atoms with Gasteiger partial charge in [-0.2, -0.15) is 0 Å². The van der Waals surface area contributed by atoms with Gasteiger partial charge in [0.15, 0.2) is 0 Å². The zero-order valence-electron chi connectivity index (χ0n) is 11.0. The second kappa shape index (κ2) is 5.62. The molecule has 2 aromatic carbocycles. The molecular formula is C16H14BrNOS. The van der Waals surface area contributed by atoms with Crippen molar-refractivity contribution in [2.75, 3.05) is 11.1 Å². The maximum atomic E-state index is 12.5. The number of benzene rings is 2. The molecule has 1 aliphatic heterocycles. The fraction of sp³-hybridized carbons (Fsp3) is 0.188. The Morgan fingerprint density at radius 2 is 2.10 bits per heavy atom. The number of amides is 1. The van der Waals surface area contributed by atoms with Gasteiger partial charge in [0.25, 0.3) is 0 Å². The van der Waals surface area contributed by atoms with Crippen molar-refractivity contribution in [3.63, 3.8) is 0 Å². The van der Waals surface area contributed by atoms with E-state index in [0.717, 1.165) is 27.0 Å². The molecule has 1 heterocycles. The third kappa shape index (κ3) is 2.63. The van der Waals surface area contributed by atoms with Crippen molar-refractivity contribution in [3.8, 4) is 0 Å². The lowest BCUT2D eigenvalue weighted by Crippen LogP contribution is -2.21. The van der Waals surface area contributed by atoms with Crippen LogP contribution in [0.1, 0.15) is 17.0 Å². The van der Waals surface area contributed by atoms with Crippen LogP contribution in [0.15, 0.2) is 51.8 Å². The summed E-state index contributed by atoms with van der Waals surface area (Å²) in [5, 5.41) is 3.03. The van der Waals surface area contributed by atoms with Crippen LogP contribution in [0.4, 0.5) is 5.69 Å². The summed E-state index contributed by atoms with van der Waals surface area (Å²) in [6.45, 7) is 2.02. The number of hydrogen-bond acceptors (Lipinski definition) is 2. The van der Waals surface area contributed by atoms with E-state index in [9.17, 15) is 4.79 Å². The van der Waals surface area contributed by atoms with Crippen LogP contribution in [-0.2, 0) is 4.79 Å². The summed E-state index contributed by atoms with van der Waals surface area (Å²) in [4.78, 5) is 13.7. The number of rotatable bonds is 2. The number of anilines is 1. The maximum Gasteiger partial charge on any atom is 0.232 e. The van der Waals surface area contributed by atoms with Crippen molar-refractivity contribution in [3.05, 3.63) is 58.1 Å². The first kappa shape index (κ1) is 13.7. The minimum Gasteiger partial charge on any atom is -0.324 e. The largest absolute Gasteiger partial charge is 0.324 e. The van der Waals surface area contributed by atoms with E-state index in [2.05, 4.69) is 27.3 Å². The number of halogens is 1. The fourth-order valence-electron chi connectivity index (χ4n) is 2.33. The lowest BCUT2D eigenvalue weighted by Gasteiger charge is -2.13. The highest BCUT2D eigenvalue weighted by molar-refractivity contribution is 9.10. The van der Waals surface area contributed by atoms with Crippen molar-refractivity contribution in [2.45, 2.75) is 17.7 Å². The molecule has 1 atom stereocenters. The molecule has 3 rings (SSSR count). The van der Waals surface area contributed by atoms with Gasteiger partial charge in [-0.3, -0.25) is 4.79 Å². The maximum absolute atomic E-state index is 12.5. The minimum atomic E-state index is -0.0661. The summed E-state index contributed by atoms with van der Waals surface area (Å²) in [5.41, 5.74) is 3.10. The SMILES string of the molecule is Cc1ccc(Br)c(NC(=O)C2CSc3ccccc32)c1. The van der Waals surface area contributed by atoms with E-state index < -0.39 is 0 Å². The first-order chi connectivity index (χ1) is 9.65. The molecule has 0 saturated carbocycles. The Balaban J connectivity index is 1.83. The predicted molar refractivity (Wildman–Crippen MR) is 87.4 cm³/mol. The molecule has 0 spiro atoms. The predicted octanol–water partition coefficient (Wildman–Crippen LogP) is 4.59. The van der Waals surface area contributed by atoms with E-state index in [1.807, 2.05) is 43.3 Å². The van der Waals surface area contributed by atoms with Gasteiger partial charge in [-0.25, -0.2) is 0 Å². The van der Waals surface area contributed by atoms with E-state index in [1.165, 1.54) is 4.90 Å². The zero-order chi connectivity index (χ0) is 14.1. The first-order valence-electron chi connectivity index (χ1n) is 6.44. The van der Waals surface area contributed by atoms with Crippen molar-refractivity contribution in [2.24, 2.45) is 0 Å². The van der Waals surface area contributed by atoms with Crippen LogP contribution in [0, 0.1) is 6.92 Å². The topological polar surface area (TPSA) is 29.1 Å². The highest BCUT2D eigenvalue weighted by Crippen LogP contribution is 2.40. The molecule has 0 aromatic heterocycles. The fourth-order valence-corrected chi connectivity index (χ4v) is 3.91. The van der Waals surface area contributed by atoms with Crippen LogP contribution in [0.5, 0.6) is 0 Å². The molecule has 0 aliphatic carbocycles. The molecule has 0 saturated heterocycles. The van der Waals surface area contributed by atoms with Crippen molar-refractivity contribution in [1.82, 2.24) is 0 Å². The molecule has 2 nitrogen and oxygen atoms in total. The summed E-state index contributed by atoms with van der Waals surface area (Å²) < 4.78 is 0.912. The number of nitrogens with one attached hydrogen (secondary N) is 1. The first-order valence-corrected chi connectivity index (χ1v) is 8.22. The molecule has 20 heavy (non-hydrogen) atoms. The Morgan fingerprint density at radius 1 is 1.30 bits per heavy atom. The van der Waals surface area contributed by atoms with E-state index in [4.69, 9.17) is 0 Å². The average Bonchev–Trinajstić information content (AvgIpc) is 2.87. The smallest absolute Gasteiger partial charge is 0.232 e. The molecule has 0 fully saturated rings. The Kier molecular flexibility index (Phi) is 3.85. The van der Waals surface area contributed by atoms with Crippen molar-refractivity contribution >= 4 is 39.3 Å². The molecule has 1 amide bonds. The minimum absolute atomic E-state index is 0.0637. The number of carbonyl (C=O) groups is 1. The van der Waals surface area contributed by atoms with E-state index >= 15 is 0 Å². The second-order valence-electron chi connectivity index (χ2n) is 4.87. The van der Waals surface area contributed by atoms with E-state index in [-0.39, 0.29) is 11.8 Å². The van der Waals surface area contributed by atoms with Gasteiger partial charge in [-0.15, -0.1) is 11.8 Å². The Bertz CT molecular complexity index is 671. The van der Waals surface area contributed by atoms with Gasteiger partial charge < -0.3 is 5.32 Å². The highest BCUT2D eigenvalue weighted by atomic mass is 79.9. The lowest BCUT2D eigenvalue weighted by molar-refractivity contribution is -0.117. The number of hydrogen-bond donors (Lipinski definition) is 1. The van der Waals surface area contributed by atoms with Gasteiger partial charge in [-0.05, 0) is 52.2 Å². The van der Waals surface area contributed by atoms with Crippen LogP contribution in [0.25, 0.3) is 0 Å². The summed E-state index contributed by atoms with van der Waals surface area (Å²) in [6.07, 6.45) is 0. The highest BCUT2D eigenvalue weighted by Gasteiger charge is 2.29. The molecule has 0 radical (unpaired) electrons. The average molecular weight is 348 g/mol. The van der Waals surface area contributed by atoms with Gasteiger partial charge in [0.2, 0.25) is 5.91 Å². The third-order valence-corrected chi connectivity index (χ3v) is 5.27. The lowest BCUT2D eigenvalue weighted by atomic mass is 10.0. The van der Waals surface area contributed by atoms with Gasteiger partial charge in [0, 0.05) is 15.1 Å². The van der Waals surface area contributed by atoms with Crippen LogP contribution < -0.4 is 5.32 Å². The summed E-state index contributed by atoms with van der Waals surface area (Å²) in [6, 6.07) is 14.1. The number of fused-ring (bicyclic) bond motifs is 1. The molecule has 1 aliphatic rings. The van der Waals surface area contributed by atoms with Gasteiger partial charge in [-0.1, -0.05) is 24.3 Å². The monoisotopic (exact) mass is 347 g/mol. The Hall–Kier alpha value is -1.26. The van der Waals surface area contributed by atoms with Crippen LogP contribution in [-0.4, -0.2) is 11.7 Å². The van der Waals surface area contributed by atoms with Crippen molar-refractivity contribution in [1.29, 1.82) is 0 Å². The van der Waals surface area contributed by atoms with Crippen LogP contribution in [0.3, 0.4) is 0 Å². The number of thioether (sulfide) groups is 1. The van der Waals surface area contributed by atoms with E-state index in [0.29, 0.717) is 0 Å². The molecule has 102 valence electrons. The number of carbonyl (C=O) groups excluding carboxylic acids is 1. The molecule has 2 aromatic rings. The molecule has 4 heteroatoms. The third-order valence-electron chi connectivity index (χ3n) is 3.40. The van der Waals surface area contributed by atoms with E-state index in [1.54, 1.807) is 11.8 Å². The number of aryl methyl sites for hydroxylation is 1. The van der Waals surface area contributed by atoms with Crippen LogP contribution >= 0.6 is 27.7 Å². The zero-order valence-corrected chi connectivity index (χ0v) is 13.4.